The largest absolute Gasteiger partial charge is 0.296 e. The monoisotopic (exact) mass is 323 g/mol. The first-order valence-electron chi connectivity index (χ1n) is 5.61. The summed E-state index contributed by atoms with van der Waals surface area (Å²) in [7, 11) is 0. The molecule has 0 atom stereocenters. The summed E-state index contributed by atoms with van der Waals surface area (Å²) in [5, 5.41) is 4.15. The number of pyridine rings is 1. The Morgan fingerprint density at radius 1 is 1.25 bits per heavy atom. The van der Waals surface area contributed by atoms with Gasteiger partial charge in [-0.3, -0.25) is 15.1 Å². The van der Waals surface area contributed by atoms with Crippen LogP contribution < -0.4 is 5.32 Å². The molecule has 0 saturated heterocycles. The van der Waals surface area contributed by atoms with Gasteiger partial charge in [0.05, 0.1) is 9.72 Å². The van der Waals surface area contributed by atoms with E-state index in [0.29, 0.717) is 26.4 Å². The molecule has 7 heteroatoms. The predicted octanol–water partition coefficient (Wildman–Crippen LogP) is 4.25. The Bertz CT molecular complexity index is 789. The third-order valence-corrected chi connectivity index (χ3v) is 3.96. The lowest BCUT2D eigenvalue weighted by molar-refractivity contribution is 0.102. The summed E-state index contributed by atoms with van der Waals surface area (Å²) in [6, 6.07) is 8.51. The van der Waals surface area contributed by atoms with Crippen LogP contribution in [-0.2, 0) is 0 Å². The van der Waals surface area contributed by atoms with Crippen molar-refractivity contribution in [3.8, 4) is 0 Å². The summed E-state index contributed by atoms with van der Waals surface area (Å²) in [4.78, 5) is 20.2. The number of hydrogen-bond acceptors (Lipinski definition) is 4. The number of aromatic nitrogens is 2. The van der Waals surface area contributed by atoms with E-state index in [1.165, 1.54) is 11.3 Å². The highest BCUT2D eigenvalue weighted by Crippen LogP contribution is 2.33. The third-order valence-electron chi connectivity index (χ3n) is 2.53. The minimum Gasteiger partial charge on any atom is -0.296 e. The van der Waals surface area contributed by atoms with Gasteiger partial charge in [0.2, 0.25) is 0 Å². The Morgan fingerprint density at radius 3 is 2.85 bits per heavy atom. The van der Waals surface area contributed by atoms with Crippen molar-refractivity contribution in [3.63, 3.8) is 0 Å². The highest BCUT2D eigenvalue weighted by molar-refractivity contribution is 7.22. The van der Waals surface area contributed by atoms with E-state index in [1.54, 1.807) is 36.5 Å². The van der Waals surface area contributed by atoms with E-state index < -0.39 is 0 Å². The van der Waals surface area contributed by atoms with E-state index in [9.17, 15) is 4.79 Å². The van der Waals surface area contributed by atoms with Crippen LogP contribution in [-0.4, -0.2) is 15.9 Å². The molecule has 0 saturated carbocycles. The quantitative estimate of drug-likeness (QED) is 0.767. The van der Waals surface area contributed by atoms with Crippen molar-refractivity contribution in [2.45, 2.75) is 0 Å². The van der Waals surface area contributed by atoms with E-state index >= 15 is 0 Å². The van der Waals surface area contributed by atoms with Crippen LogP contribution in [0.5, 0.6) is 0 Å². The SMILES string of the molecule is O=C(Nc1nc2c(Cl)cc(Cl)cc2s1)c1ccccn1. The molecule has 0 bridgehead atoms. The van der Waals surface area contributed by atoms with Crippen LogP contribution in [0.25, 0.3) is 10.2 Å². The van der Waals surface area contributed by atoms with Gasteiger partial charge in [0.15, 0.2) is 5.13 Å². The lowest BCUT2D eigenvalue weighted by Crippen LogP contribution is -2.12. The maximum absolute atomic E-state index is 12.0. The number of halogens is 2. The second-order valence-electron chi connectivity index (χ2n) is 3.92. The molecule has 1 N–H and O–H groups in total. The number of amides is 1. The van der Waals surface area contributed by atoms with E-state index in [1.807, 2.05) is 0 Å². The molecule has 4 nitrogen and oxygen atoms in total. The number of thiazole rings is 1. The van der Waals surface area contributed by atoms with Gasteiger partial charge in [0, 0.05) is 11.2 Å². The van der Waals surface area contributed by atoms with Crippen molar-refractivity contribution in [2.24, 2.45) is 0 Å². The molecule has 2 heterocycles. The minimum absolute atomic E-state index is 0.313. The molecule has 1 aromatic carbocycles. The van der Waals surface area contributed by atoms with E-state index in [0.717, 1.165) is 4.70 Å². The van der Waals surface area contributed by atoms with Gasteiger partial charge in [-0.05, 0) is 24.3 Å². The average Bonchev–Trinajstić information content (AvgIpc) is 2.82. The predicted molar refractivity (Wildman–Crippen MR) is 81.8 cm³/mol. The van der Waals surface area contributed by atoms with Gasteiger partial charge in [0.1, 0.15) is 11.2 Å². The number of nitrogens with one attached hydrogen (secondary N) is 1. The number of fused-ring (bicyclic) bond motifs is 1. The first kappa shape index (κ1) is 13.3. The second-order valence-corrected chi connectivity index (χ2v) is 5.80. The highest BCUT2D eigenvalue weighted by Gasteiger charge is 2.12. The standard InChI is InChI=1S/C13H7Cl2N3OS/c14-7-5-8(15)11-10(6-7)20-13(17-11)18-12(19)9-3-1-2-4-16-9/h1-6H,(H,17,18,19). The lowest BCUT2D eigenvalue weighted by atomic mass is 10.3. The van der Waals surface area contributed by atoms with Crippen molar-refractivity contribution < 1.29 is 4.79 Å². The summed E-state index contributed by atoms with van der Waals surface area (Å²) in [5.41, 5.74) is 0.952. The molecule has 0 aliphatic rings. The Morgan fingerprint density at radius 2 is 2.10 bits per heavy atom. The zero-order chi connectivity index (χ0) is 14.1. The van der Waals surface area contributed by atoms with Crippen LogP contribution >= 0.6 is 34.5 Å². The second kappa shape index (κ2) is 5.36. The maximum Gasteiger partial charge on any atom is 0.276 e. The molecule has 0 aliphatic carbocycles. The number of anilines is 1. The lowest BCUT2D eigenvalue weighted by Gasteiger charge is -1.99. The van der Waals surface area contributed by atoms with Crippen LogP contribution in [0.1, 0.15) is 10.5 Å². The molecule has 0 aliphatic heterocycles. The van der Waals surface area contributed by atoms with E-state index in [-0.39, 0.29) is 5.91 Å². The van der Waals surface area contributed by atoms with Gasteiger partial charge in [-0.25, -0.2) is 4.98 Å². The van der Waals surface area contributed by atoms with Crippen LogP contribution in [0.3, 0.4) is 0 Å². The topological polar surface area (TPSA) is 54.9 Å². The normalized spacial score (nSPS) is 10.7. The van der Waals surface area contributed by atoms with Gasteiger partial charge in [0.25, 0.3) is 5.91 Å². The van der Waals surface area contributed by atoms with E-state index in [4.69, 9.17) is 23.2 Å². The van der Waals surface area contributed by atoms with Crippen molar-refractivity contribution in [1.29, 1.82) is 0 Å². The molecule has 2 aromatic heterocycles. The molecule has 0 radical (unpaired) electrons. The van der Waals surface area contributed by atoms with Gasteiger partial charge in [-0.1, -0.05) is 40.6 Å². The molecule has 3 aromatic rings. The number of carbonyl (C=O) groups excluding carboxylic acids is 1. The third kappa shape index (κ3) is 2.60. The van der Waals surface area contributed by atoms with Crippen LogP contribution in [0.4, 0.5) is 5.13 Å². The minimum atomic E-state index is -0.313. The fraction of sp³-hybridized carbons (Fsp3) is 0. The number of carbonyl (C=O) groups is 1. The van der Waals surface area contributed by atoms with E-state index in [2.05, 4.69) is 15.3 Å². The van der Waals surface area contributed by atoms with Crippen molar-refractivity contribution >= 4 is 55.8 Å². The summed E-state index contributed by atoms with van der Waals surface area (Å²) in [6.45, 7) is 0. The summed E-state index contributed by atoms with van der Waals surface area (Å²) < 4.78 is 0.818. The van der Waals surface area contributed by atoms with Crippen molar-refractivity contribution in [2.75, 3.05) is 5.32 Å². The molecule has 0 spiro atoms. The number of benzene rings is 1. The average molecular weight is 324 g/mol. The molecule has 0 unspecified atom stereocenters. The van der Waals surface area contributed by atoms with Gasteiger partial charge in [-0.2, -0.15) is 0 Å². The van der Waals surface area contributed by atoms with Gasteiger partial charge >= 0.3 is 0 Å². The van der Waals surface area contributed by atoms with Crippen molar-refractivity contribution in [1.82, 2.24) is 9.97 Å². The Balaban J connectivity index is 1.92. The summed E-state index contributed by atoms with van der Waals surface area (Å²) in [6.07, 6.45) is 1.56. The maximum atomic E-state index is 12.0. The molecule has 20 heavy (non-hydrogen) atoms. The zero-order valence-electron chi connectivity index (χ0n) is 9.93. The van der Waals surface area contributed by atoms with Crippen LogP contribution in [0.2, 0.25) is 10.0 Å². The molecule has 100 valence electrons. The first-order valence-corrected chi connectivity index (χ1v) is 7.19. The molecular formula is C13H7Cl2N3OS. The molecule has 0 fully saturated rings. The number of rotatable bonds is 2. The summed E-state index contributed by atoms with van der Waals surface area (Å²) in [5.74, 6) is -0.313. The Kier molecular flexibility index (Phi) is 3.56. The van der Waals surface area contributed by atoms with Crippen LogP contribution in [0.15, 0.2) is 36.5 Å². The molecule has 3 rings (SSSR count). The van der Waals surface area contributed by atoms with Gasteiger partial charge < -0.3 is 0 Å². The molecule has 1 amide bonds. The fourth-order valence-electron chi connectivity index (χ4n) is 1.67. The number of nitrogens with zero attached hydrogens (tertiary/aromatic N) is 2. The first-order chi connectivity index (χ1) is 9.63. The fourth-order valence-corrected chi connectivity index (χ4v) is 3.25. The smallest absolute Gasteiger partial charge is 0.276 e. The Hall–Kier alpha value is -1.69. The van der Waals surface area contributed by atoms with Gasteiger partial charge in [-0.15, -0.1) is 0 Å². The molecular weight excluding hydrogens is 317 g/mol. The number of hydrogen-bond donors (Lipinski definition) is 1. The summed E-state index contributed by atoms with van der Waals surface area (Å²) >= 11 is 13.3. The Labute approximate surface area is 128 Å². The zero-order valence-corrected chi connectivity index (χ0v) is 12.3. The van der Waals surface area contributed by atoms with Crippen molar-refractivity contribution in [3.05, 3.63) is 52.3 Å². The highest BCUT2D eigenvalue weighted by atomic mass is 35.5. The van der Waals surface area contributed by atoms with Crippen LogP contribution in [0, 0.1) is 0 Å².